The van der Waals surface area contributed by atoms with Crippen molar-refractivity contribution in [2.75, 3.05) is 46.0 Å². The lowest BCUT2D eigenvalue weighted by Gasteiger charge is -2.15. The van der Waals surface area contributed by atoms with Crippen molar-refractivity contribution in [2.45, 2.75) is 0 Å². The molecule has 30 heavy (non-hydrogen) atoms. The number of anilines is 2. The maximum absolute atomic E-state index is 10.9. The van der Waals surface area contributed by atoms with Crippen molar-refractivity contribution in [3.63, 3.8) is 0 Å². The van der Waals surface area contributed by atoms with E-state index in [0.29, 0.717) is 66.6 Å². The van der Waals surface area contributed by atoms with Crippen molar-refractivity contribution >= 4 is 28.7 Å². The summed E-state index contributed by atoms with van der Waals surface area (Å²) in [6.07, 6.45) is 2.02. The summed E-state index contributed by atoms with van der Waals surface area (Å²) >= 11 is 0. The largest absolute Gasteiger partial charge is 0.507 e. The molecule has 3 aromatic rings. The first kappa shape index (κ1) is 21.3. The molecule has 158 valence electrons. The first-order valence-corrected chi connectivity index (χ1v) is 9.23. The van der Waals surface area contributed by atoms with E-state index in [2.05, 4.69) is 15.3 Å². The Morgan fingerprint density at radius 1 is 0.967 bits per heavy atom. The number of ether oxygens (including phenoxy) is 4. The van der Waals surface area contributed by atoms with Crippen LogP contribution >= 0.6 is 0 Å². The van der Waals surface area contributed by atoms with Crippen LogP contribution in [-0.2, 0) is 9.47 Å². The number of hydrogen-bond donors (Lipinski definition) is 2. The van der Waals surface area contributed by atoms with Gasteiger partial charge in [-0.25, -0.2) is 9.97 Å². The van der Waals surface area contributed by atoms with Crippen LogP contribution < -0.4 is 14.8 Å². The van der Waals surface area contributed by atoms with Crippen molar-refractivity contribution in [2.24, 2.45) is 0 Å². The smallest absolute Gasteiger partial charge is 0.163 e. The van der Waals surface area contributed by atoms with Crippen LogP contribution in [0, 0.1) is 0 Å². The highest BCUT2D eigenvalue weighted by Gasteiger charge is 2.13. The van der Waals surface area contributed by atoms with Gasteiger partial charge in [0, 0.05) is 37.4 Å². The number of aromatic hydroxyl groups is 1. The van der Waals surface area contributed by atoms with Gasteiger partial charge in [-0.2, -0.15) is 0 Å². The summed E-state index contributed by atoms with van der Waals surface area (Å²) in [4.78, 5) is 19.5. The first-order valence-electron chi connectivity index (χ1n) is 9.23. The lowest BCUT2D eigenvalue weighted by atomic mass is 10.1. The number of hydrogen-bond acceptors (Lipinski definition) is 9. The average Bonchev–Trinajstić information content (AvgIpc) is 2.75. The number of aldehydes is 1. The number of aromatic nitrogens is 2. The van der Waals surface area contributed by atoms with Gasteiger partial charge in [0.15, 0.2) is 17.8 Å². The van der Waals surface area contributed by atoms with Crippen molar-refractivity contribution in [1.29, 1.82) is 0 Å². The SMILES string of the molecule is COCCOc1cc2ncnc(Nc3ccc(C=O)c(O)c3)c2cc1OCCOC. The number of nitrogens with zero attached hydrogens (tertiary/aromatic N) is 2. The highest BCUT2D eigenvalue weighted by Crippen LogP contribution is 2.35. The normalized spacial score (nSPS) is 10.7. The summed E-state index contributed by atoms with van der Waals surface area (Å²) in [6, 6.07) is 8.21. The van der Waals surface area contributed by atoms with Crippen LogP contribution in [0.15, 0.2) is 36.7 Å². The number of nitrogens with one attached hydrogen (secondary N) is 1. The Balaban J connectivity index is 1.95. The van der Waals surface area contributed by atoms with Crippen LogP contribution in [0.1, 0.15) is 10.4 Å². The third-order valence-corrected chi connectivity index (χ3v) is 4.21. The standard InChI is InChI=1S/C21H23N3O6/c1-27-5-7-29-19-10-16-17(11-20(19)30-8-6-28-2)22-13-23-21(16)24-15-4-3-14(12-25)18(26)9-15/h3-4,9-13,26H,5-8H2,1-2H3,(H,22,23,24). The minimum absolute atomic E-state index is 0.120. The van der Waals surface area contributed by atoms with Gasteiger partial charge in [-0.15, -0.1) is 0 Å². The van der Waals surface area contributed by atoms with Gasteiger partial charge in [0.25, 0.3) is 0 Å². The molecule has 0 saturated carbocycles. The summed E-state index contributed by atoms with van der Waals surface area (Å²) in [5.74, 6) is 1.45. The maximum Gasteiger partial charge on any atom is 0.163 e. The third kappa shape index (κ3) is 5.13. The quantitative estimate of drug-likeness (QED) is 0.362. The van der Waals surface area contributed by atoms with Crippen molar-refractivity contribution in [3.05, 3.63) is 42.2 Å². The second-order valence-corrected chi connectivity index (χ2v) is 6.24. The Bertz CT molecular complexity index is 1010. The van der Waals surface area contributed by atoms with Crippen LogP contribution in [-0.4, -0.2) is 62.0 Å². The number of carbonyl (C=O) groups excluding carboxylic acids is 1. The fourth-order valence-corrected chi connectivity index (χ4v) is 2.72. The first-order chi connectivity index (χ1) is 14.7. The molecule has 9 nitrogen and oxygen atoms in total. The van der Waals surface area contributed by atoms with Crippen molar-refractivity contribution in [3.8, 4) is 17.2 Å². The Morgan fingerprint density at radius 2 is 1.67 bits per heavy atom. The number of fused-ring (bicyclic) bond motifs is 1. The average molecular weight is 413 g/mol. The van der Waals surface area contributed by atoms with E-state index in [1.807, 2.05) is 0 Å². The number of rotatable bonds is 11. The van der Waals surface area contributed by atoms with Crippen LogP contribution in [0.4, 0.5) is 11.5 Å². The zero-order valence-electron chi connectivity index (χ0n) is 16.8. The van der Waals surface area contributed by atoms with E-state index in [9.17, 15) is 9.90 Å². The number of carbonyl (C=O) groups is 1. The molecular formula is C21H23N3O6. The Hall–Kier alpha value is -3.43. The molecule has 2 aromatic carbocycles. The summed E-state index contributed by atoms with van der Waals surface area (Å²) in [5, 5.41) is 13.8. The highest BCUT2D eigenvalue weighted by molar-refractivity contribution is 5.93. The second kappa shape index (κ2) is 10.4. The number of phenols is 1. The molecule has 0 saturated heterocycles. The topological polar surface area (TPSA) is 112 Å². The number of benzene rings is 2. The number of methoxy groups -OCH3 is 2. The molecule has 1 heterocycles. The molecule has 0 amide bonds. The second-order valence-electron chi connectivity index (χ2n) is 6.24. The van der Waals surface area contributed by atoms with E-state index in [1.54, 1.807) is 32.4 Å². The van der Waals surface area contributed by atoms with E-state index in [0.717, 1.165) is 0 Å². The molecule has 3 rings (SSSR count). The highest BCUT2D eigenvalue weighted by atomic mass is 16.5. The van der Waals surface area contributed by atoms with Crippen LogP contribution in [0.25, 0.3) is 10.9 Å². The van der Waals surface area contributed by atoms with Gasteiger partial charge in [0.05, 0.1) is 24.3 Å². The minimum atomic E-state index is -0.120. The van der Waals surface area contributed by atoms with Crippen molar-refractivity contribution < 1.29 is 28.8 Å². The zero-order valence-corrected chi connectivity index (χ0v) is 16.8. The molecule has 0 aliphatic heterocycles. The van der Waals surface area contributed by atoms with E-state index < -0.39 is 0 Å². The maximum atomic E-state index is 10.9. The molecule has 0 fully saturated rings. The molecule has 1 aromatic heterocycles. The van der Waals surface area contributed by atoms with E-state index in [-0.39, 0.29) is 11.3 Å². The van der Waals surface area contributed by atoms with E-state index in [4.69, 9.17) is 18.9 Å². The van der Waals surface area contributed by atoms with Crippen LogP contribution in [0.5, 0.6) is 17.2 Å². The zero-order chi connectivity index (χ0) is 21.3. The van der Waals surface area contributed by atoms with Crippen molar-refractivity contribution in [1.82, 2.24) is 9.97 Å². The fraction of sp³-hybridized carbons (Fsp3) is 0.286. The summed E-state index contributed by atoms with van der Waals surface area (Å²) in [7, 11) is 3.20. The summed E-state index contributed by atoms with van der Waals surface area (Å²) in [5.41, 5.74) is 1.42. The molecule has 0 radical (unpaired) electrons. The van der Waals surface area contributed by atoms with Gasteiger partial charge in [0.1, 0.15) is 31.1 Å². The van der Waals surface area contributed by atoms with Crippen LogP contribution in [0.2, 0.25) is 0 Å². The van der Waals surface area contributed by atoms with Gasteiger partial charge < -0.3 is 29.4 Å². The predicted molar refractivity (Wildman–Crippen MR) is 111 cm³/mol. The van der Waals surface area contributed by atoms with E-state index in [1.165, 1.54) is 18.5 Å². The molecule has 0 aliphatic rings. The molecule has 0 atom stereocenters. The molecule has 2 N–H and O–H groups in total. The van der Waals surface area contributed by atoms with Crippen LogP contribution in [0.3, 0.4) is 0 Å². The minimum Gasteiger partial charge on any atom is -0.507 e. The molecule has 0 aliphatic carbocycles. The molecule has 0 bridgehead atoms. The lowest BCUT2D eigenvalue weighted by molar-refractivity contribution is 0.112. The van der Waals surface area contributed by atoms with Gasteiger partial charge in [-0.05, 0) is 18.2 Å². The third-order valence-electron chi connectivity index (χ3n) is 4.21. The number of phenolic OH excluding ortho intramolecular Hbond substituents is 1. The monoisotopic (exact) mass is 413 g/mol. The molecule has 9 heteroatoms. The van der Waals surface area contributed by atoms with Gasteiger partial charge >= 0.3 is 0 Å². The van der Waals surface area contributed by atoms with Gasteiger partial charge in [-0.1, -0.05) is 0 Å². The molecule has 0 unspecified atom stereocenters. The molecule has 0 spiro atoms. The van der Waals surface area contributed by atoms with Gasteiger partial charge in [-0.3, -0.25) is 4.79 Å². The van der Waals surface area contributed by atoms with Gasteiger partial charge in [0.2, 0.25) is 0 Å². The summed E-state index contributed by atoms with van der Waals surface area (Å²) in [6.45, 7) is 1.57. The Kier molecular flexibility index (Phi) is 7.36. The molecular weight excluding hydrogens is 390 g/mol. The Morgan fingerprint density at radius 3 is 2.30 bits per heavy atom. The summed E-state index contributed by atoms with van der Waals surface area (Å²) < 4.78 is 21.7. The fourth-order valence-electron chi connectivity index (χ4n) is 2.72. The Labute approximate surface area is 173 Å². The van der Waals surface area contributed by atoms with E-state index >= 15 is 0 Å². The lowest BCUT2D eigenvalue weighted by Crippen LogP contribution is -2.09. The predicted octanol–water partition coefficient (Wildman–Crippen LogP) is 2.94.